The molecule has 0 heterocycles. The van der Waals surface area contributed by atoms with Gasteiger partial charge in [0.1, 0.15) is 0 Å². The summed E-state index contributed by atoms with van der Waals surface area (Å²) >= 11 is 0. The van der Waals surface area contributed by atoms with Crippen molar-refractivity contribution >= 4 is 0 Å². The molecule has 2 aliphatic rings. The van der Waals surface area contributed by atoms with Crippen molar-refractivity contribution < 1.29 is 0 Å². The van der Waals surface area contributed by atoms with E-state index in [2.05, 4.69) is 19.2 Å². The lowest BCUT2D eigenvalue weighted by atomic mass is 9.68. The van der Waals surface area contributed by atoms with Crippen LogP contribution in [0.4, 0.5) is 0 Å². The Hall–Kier alpha value is -0.0400. The first kappa shape index (κ1) is 13.4. The first-order valence-electron chi connectivity index (χ1n) is 8.01. The van der Waals surface area contributed by atoms with Crippen molar-refractivity contribution in [3.05, 3.63) is 0 Å². The molecule has 2 aliphatic carbocycles. The average molecular weight is 237 g/mol. The summed E-state index contributed by atoms with van der Waals surface area (Å²) in [4.78, 5) is 0. The maximum Gasteiger partial charge on any atom is 0.00684 e. The molecule has 0 aromatic heterocycles. The summed E-state index contributed by atoms with van der Waals surface area (Å²) in [5.74, 6) is 1.05. The number of rotatable bonds is 7. The molecule has 2 saturated carbocycles. The highest BCUT2D eigenvalue weighted by atomic mass is 15.0. The van der Waals surface area contributed by atoms with Gasteiger partial charge in [0.05, 0.1) is 0 Å². The molecule has 0 radical (unpaired) electrons. The summed E-state index contributed by atoms with van der Waals surface area (Å²) in [6, 6.07) is 0.885. The van der Waals surface area contributed by atoms with Crippen molar-refractivity contribution in [2.45, 2.75) is 84.1 Å². The summed E-state index contributed by atoms with van der Waals surface area (Å²) < 4.78 is 0. The van der Waals surface area contributed by atoms with Crippen molar-refractivity contribution in [1.29, 1.82) is 0 Å². The van der Waals surface area contributed by atoms with Gasteiger partial charge in [0.15, 0.2) is 0 Å². The molecule has 2 fully saturated rings. The lowest BCUT2D eigenvalue weighted by molar-refractivity contribution is 0.133. The molecular weight excluding hydrogens is 206 g/mol. The summed E-state index contributed by atoms with van der Waals surface area (Å²) in [5.41, 5.74) is 0.658. The zero-order chi connectivity index (χ0) is 12.1. The van der Waals surface area contributed by atoms with Gasteiger partial charge in [0, 0.05) is 12.6 Å². The molecule has 0 unspecified atom stereocenters. The minimum atomic E-state index is 0.658. The molecule has 0 atom stereocenters. The average Bonchev–Trinajstić information content (AvgIpc) is 3.19. The molecule has 17 heavy (non-hydrogen) atoms. The monoisotopic (exact) mass is 237 g/mol. The third-order valence-corrected chi connectivity index (χ3v) is 5.22. The van der Waals surface area contributed by atoms with Crippen molar-refractivity contribution in [3.8, 4) is 0 Å². The van der Waals surface area contributed by atoms with Crippen LogP contribution in [0.25, 0.3) is 0 Å². The van der Waals surface area contributed by atoms with E-state index >= 15 is 0 Å². The third kappa shape index (κ3) is 3.98. The molecule has 0 aliphatic heterocycles. The molecule has 0 bridgehead atoms. The minimum Gasteiger partial charge on any atom is -0.313 e. The third-order valence-electron chi connectivity index (χ3n) is 5.22. The van der Waals surface area contributed by atoms with Crippen LogP contribution in [-0.4, -0.2) is 12.6 Å². The van der Waals surface area contributed by atoms with Crippen LogP contribution in [0.5, 0.6) is 0 Å². The number of unbranched alkanes of at least 4 members (excludes halogenated alkanes) is 1. The number of nitrogens with one attached hydrogen (secondary N) is 1. The van der Waals surface area contributed by atoms with E-state index < -0.39 is 0 Å². The van der Waals surface area contributed by atoms with Crippen LogP contribution in [-0.2, 0) is 0 Å². The van der Waals surface area contributed by atoms with Gasteiger partial charge in [-0.2, -0.15) is 0 Å². The van der Waals surface area contributed by atoms with E-state index in [-0.39, 0.29) is 0 Å². The van der Waals surface area contributed by atoms with Crippen molar-refractivity contribution in [3.63, 3.8) is 0 Å². The van der Waals surface area contributed by atoms with E-state index in [9.17, 15) is 0 Å². The zero-order valence-electron chi connectivity index (χ0n) is 11.9. The summed E-state index contributed by atoms with van der Waals surface area (Å²) in [7, 11) is 0. The molecule has 0 aromatic rings. The van der Waals surface area contributed by atoms with Crippen molar-refractivity contribution in [2.24, 2.45) is 11.3 Å². The summed E-state index contributed by atoms with van der Waals surface area (Å²) in [5, 5.41) is 3.78. The van der Waals surface area contributed by atoms with E-state index in [0.717, 1.165) is 12.0 Å². The smallest absolute Gasteiger partial charge is 0.00684 e. The molecule has 0 aromatic carbocycles. The topological polar surface area (TPSA) is 12.0 Å². The van der Waals surface area contributed by atoms with Crippen LogP contribution in [0.1, 0.15) is 78.1 Å². The Bertz CT molecular complexity index is 212. The standard InChI is InChI=1S/C16H31N/c1-3-5-6-14-9-11-16(4-2,12-10-14)13-17-15-7-8-15/h14-15,17H,3-13H2,1-2H3. The lowest BCUT2D eigenvalue weighted by Crippen LogP contribution is -2.38. The summed E-state index contributed by atoms with van der Waals surface area (Å²) in [6.07, 6.45) is 14.5. The van der Waals surface area contributed by atoms with Gasteiger partial charge in [0.25, 0.3) is 0 Å². The Balaban J connectivity index is 1.72. The predicted octanol–water partition coefficient (Wildman–Crippen LogP) is 4.52. The first-order valence-corrected chi connectivity index (χ1v) is 8.01. The SMILES string of the molecule is CCCCC1CCC(CC)(CNC2CC2)CC1. The second kappa shape index (κ2) is 6.22. The Labute approximate surface area is 108 Å². The molecule has 0 spiro atoms. The summed E-state index contributed by atoms with van der Waals surface area (Å²) in [6.45, 7) is 6.02. The fourth-order valence-electron chi connectivity index (χ4n) is 3.38. The molecular formula is C16H31N. The van der Waals surface area contributed by atoms with E-state index in [1.807, 2.05) is 0 Å². The molecule has 0 amide bonds. The van der Waals surface area contributed by atoms with Crippen LogP contribution >= 0.6 is 0 Å². The quantitative estimate of drug-likeness (QED) is 0.686. The molecule has 1 heteroatoms. The van der Waals surface area contributed by atoms with Gasteiger partial charge in [0.2, 0.25) is 0 Å². The molecule has 1 N–H and O–H groups in total. The highest BCUT2D eigenvalue weighted by Crippen LogP contribution is 2.42. The molecule has 0 saturated heterocycles. The Morgan fingerprint density at radius 3 is 2.29 bits per heavy atom. The maximum absolute atomic E-state index is 3.78. The van der Waals surface area contributed by atoms with Crippen LogP contribution in [0.2, 0.25) is 0 Å². The second-order valence-electron chi connectivity index (χ2n) is 6.59. The maximum atomic E-state index is 3.78. The van der Waals surface area contributed by atoms with Crippen LogP contribution in [0.15, 0.2) is 0 Å². The Morgan fingerprint density at radius 2 is 1.76 bits per heavy atom. The largest absolute Gasteiger partial charge is 0.313 e. The van der Waals surface area contributed by atoms with Gasteiger partial charge >= 0.3 is 0 Å². The van der Waals surface area contributed by atoms with Crippen LogP contribution < -0.4 is 5.32 Å². The second-order valence-corrected chi connectivity index (χ2v) is 6.59. The highest BCUT2D eigenvalue weighted by Gasteiger charge is 2.34. The van der Waals surface area contributed by atoms with Gasteiger partial charge in [-0.05, 0) is 56.3 Å². The molecule has 100 valence electrons. The van der Waals surface area contributed by atoms with Gasteiger partial charge < -0.3 is 5.32 Å². The van der Waals surface area contributed by atoms with Gasteiger partial charge in [-0.15, -0.1) is 0 Å². The molecule has 1 nitrogen and oxygen atoms in total. The Morgan fingerprint density at radius 1 is 1.06 bits per heavy atom. The highest BCUT2D eigenvalue weighted by molar-refractivity contribution is 4.90. The zero-order valence-corrected chi connectivity index (χ0v) is 11.9. The lowest BCUT2D eigenvalue weighted by Gasteiger charge is -2.40. The van der Waals surface area contributed by atoms with Crippen molar-refractivity contribution in [2.75, 3.05) is 6.54 Å². The van der Waals surface area contributed by atoms with E-state index in [4.69, 9.17) is 0 Å². The fourth-order valence-corrected chi connectivity index (χ4v) is 3.38. The molecule has 2 rings (SSSR count). The fraction of sp³-hybridized carbons (Fsp3) is 1.00. The van der Waals surface area contributed by atoms with Gasteiger partial charge in [-0.1, -0.05) is 33.1 Å². The van der Waals surface area contributed by atoms with E-state index in [1.54, 1.807) is 0 Å². The predicted molar refractivity (Wildman–Crippen MR) is 75.2 cm³/mol. The minimum absolute atomic E-state index is 0.658. The van der Waals surface area contributed by atoms with Gasteiger partial charge in [-0.25, -0.2) is 0 Å². The first-order chi connectivity index (χ1) is 8.28. The number of hydrogen-bond acceptors (Lipinski definition) is 1. The van der Waals surface area contributed by atoms with Gasteiger partial charge in [-0.3, -0.25) is 0 Å². The number of hydrogen-bond donors (Lipinski definition) is 1. The van der Waals surface area contributed by atoms with Crippen LogP contribution in [0, 0.1) is 11.3 Å². The van der Waals surface area contributed by atoms with Crippen molar-refractivity contribution in [1.82, 2.24) is 5.32 Å². The Kier molecular flexibility index (Phi) is 4.90. The van der Waals surface area contributed by atoms with E-state index in [0.29, 0.717) is 5.41 Å². The normalized spacial score (nSPS) is 33.9. The van der Waals surface area contributed by atoms with Crippen LogP contribution in [0.3, 0.4) is 0 Å². The van der Waals surface area contributed by atoms with E-state index in [1.165, 1.54) is 70.8 Å².